The Labute approximate surface area is 79.3 Å². The first kappa shape index (κ1) is 15.9. The molecule has 2 heteroatoms. The van der Waals surface area contributed by atoms with Crippen molar-refractivity contribution in [1.29, 1.82) is 0 Å². The SMILES string of the molecule is [C]#CCCCC.[Cu+].[I-]. The van der Waals surface area contributed by atoms with Gasteiger partial charge in [-0.15, -0.1) is 0 Å². The molecule has 8 heavy (non-hydrogen) atoms. The van der Waals surface area contributed by atoms with Gasteiger partial charge in [-0.05, 0) is 12.8 Å². The molecule has 51 valence electrons. The fraction of sp³-hybridized carbons (Fsp3) is 0.667. The molecule has 0 aliphatic heterocycles. The van der Waals surface area contributed by atoms with E-state index >= 15 is 0 Å². The fourth-order valence-corrected chi connectivity index (χ4v) is 0.265. The molecule has 0 amide bonds. The standard InChI is InChI=1S/C6H9.Cu.HI/c1-3-5-6-4-2;;/h3,5-6H2,1H3;;1H/q;+1;/p-1. The number of rotatable bonds is 2. The van der Waals surface area contributed by atoms with Crippen LogP contribution >= 0.6 is 0 Å². The van der Waals surface area contributed by atoms with Gasteiger partial charge in [-0.2, -0.15) is 0 Å². The van der Waals surface area contributed by atoms with Crippen molar-refractivity contribution in [2.24, 2.45) is 0 Å². The molecule has 0 heterocycles. The van der Waals surface area contributed by atoms with Gasteiger partial charge < -0.3 is 24.0 Å². The van der Waals surface area contributed by atoms with E-state index in [4.69, 9.17) is 6.42 Å². The number of halogens is 1. The predicted octanol–water partition coefficient (Wildman–Crippen LogP) is -1.23. The maximum absolute atomic E-state index is 6.46. The second-order valence-corrected chi connectivity index (χ2v) is 1.28. The molecule has 0 bridgehead atoms. The van der Waals surface area contributed by atoms with Crippen LogP contribution in [0.1, 0.15) is 26.2 Å². The van der Waals surface area contributed by atoms with Gasteiger partial charge in [-0.3, -0.25) is 0 Å². The summed E-state index contributed by atoms with van der Waals surface area (Å²) < 4.78 is 0. The minimum atomic E-state index is 0. The summed E-state index contributed by atoms with van der Waals surface area (Å²) in [4.78, 5) is 0. The van der Waals surface area contributed by atoms with Crippen LogP contribution in [0.5, 0.6) is 0 Å². The summed E-state index contributed by atoms with van der Waals surface area (Å²) in [7, 11) is 0. The van der Waals surface area contributed by atoms with Gasteiger partial charge in [0.25, 0.3) is 0 Å². The summed E-state index contributed by atoms with van der Waals surface area (Å²) in [5.41, 5.74) is 0. The van der Waals surface area contributed by atoms with E-state index in [1.54, 1.807) is 0 Å². The first-order valence-electron chi connectivity index (χ1n) is 2.31. The molecule has 0 atom stereocenters. The van der Waals surface area contributed by atoms with E-state index < -0.39 is 0 Å². The quantitative estimate of drug-likeness (QED) is 0.255. The topological polar surface area (TPSA) is 0 Å². The van der Waals surface area contributed by atoms with Gasteiger partial charge in [0.15, 0.2) is 0 Å². The summed E-state index contributed by atoms with van der Waals surface area (Å²) in [6.45, 7) is 2.11. The molecule has 0 saturated heterocycles. The Morgan fingerprint density at radius 2 is 2.00 bits per heavy atom. The normalized spacial score (nSPS) is 5.50. The van der Waals surface area contributed by atoms with Gasteiger partial charge in [-0.25, -0.2) is 0 Å². The molecule has 0 unspecified atom stereocenters. The van der Waals surface area contributed by atoms with Crippen molar-refractivity contribution in [3.63, 3.8) is 0 Å². The Kier molecular flexibility index (Phi) is 31.2. The molecule has 0 saturated carbocycles. The molecular weight excluding hydrogens is 263 g/mol. The van der Waals surface area contributed by atoms with Gasteiger partial charge >= 0.3 is 17.1 Å². The summed E-state index contributed by atoms with van der Waals surface area (Å²) in [6.07, 6.45) is 9.57. The molecule has 0 N–H and O–H groups in total. The van der Waals surface area contributed by atoms with Crippen molar-refractivity contribution in [3.8, 4) is 5.92 Å². The zero-order chi connectivity index (χ0) is 4.83. The monoisotopic (exact) mass is 271 g/mol. The van der Waals surface area contributed by atoms with Crippen LogP contribution in [0.3, 0.4) is 0 Å². The Morgan fingerprint density at radius 1 is 1.50 bits per heavy atom. The van der Waals surface area contributed by atoms with Crippen LogP contribution in [0, 0.1) is 12.3 Å². The zero-order valence-electron chi connectivity index (χ0n) is 4.80. The average Bonchev–Trinajstić information content (AvgIpc) is 1.61. The van der Waals surface area contributed by atoms with Crippen molar-refractivity contribution in [2.45, 2.75) is 26.2 Å². The van der Waals surface area contributed by atoms with Crippen molar-refractivity contribution >= 4 is 0 Å². The first-order chi connectivity index (χ1) is 2.91. The maximum Gasteiger partial charge on any atom is 1.00 e. The second kappa shape index (κ2) is 15.7. The van der Waals surface area contributed by atoms with Crippen LogP contribution < -0.4 is 24.0 Å². The minimum absolute atomic E-state index is 0. The van der Waals surface area contributed by atoms with E-state index in [0.29, 0.717) is 0 Å². The Balaban J connectivity index is -0.000000125. The molecule has 0 nitrogen and oxygen atoms in total. The average molecular weight is 272 g/mol. The van der Waals surface area contributed by atoms with Gasteiger partial charge in [0, 0.05) is 6.42 Å². The van der Waals surface area contributed by atoms with Crippen LogP contribution in [0.4, 0.5) is 0 Å². The number of hydrogen-bond acceptors (Lipinski definition) is 0. The smallest absolute Gasteiger partial charge is 1.00 e. The van der Waals surface area contributed by atoms with E-state index in [-0.39, 0.29) is 41.0 Å². The van der Waals surface area contributed by atoms with Crippen LogP contribution in [0.15, 0.2) is 0 Å². The van der Waals surface area contributed by atoms with E-state index in [1.807, 2.05) is 0 Å². The molecule has 0 aliphatic carbocycles. The van der Waals surface area contributed by atoms with Gasteiger partial charge in [0.05, 0.1) is 0 Å². The van der Waals surface area contributed by atoms with Crippen molar-refractivity contribution < 1.29 is 41.0 Å². The van der Waals surface area contributed by atoms with Crippen LogP contribution in [-0.4, -0.2) is 0 Å². The van der Waals surface area contributed by atoms with E-state index in [1.165, 1.54) is 6.42 Å². The van der Waals surface area contributed by atoms with Crippen LogP contribution in [0.2, 0.25) is 0 Å². The van der Waals surface area contributed by atoms with Crippen molar-refractivity contribution in [2.75, 3.05) is 0 Å². The van der Waals surface area contributed by atoms with E-state index in [9.17, 15) is 0 Å². The number of unbranched alkanes of at least 4 members (excludes halogenated alkanes) is 2. The van der Waals surface area contributed by atoms with Gasteiger partial charge in [0.2, 0.25) is 0 Å². The Hall–Kier alpha value is 0.809. The van der Waals surface area contributed by atoms with Gasteiger partial charge in [0.1, 0.15) is 0 Å². The summed E-state index contributed by atoms with van der Waals surface area (Å²) in [5.74, 6) is 2.32. The van der Waals surface area contributed by atoms with Crippen molar-refractivity contribution in [3.05, 3.63) is 6.42 Å². The summed E-state index contributed by atoms with van der Waals surface area (Å²) in [5, 5.41) is 0. The molecule has 0 aliphatic rings. The molecule has 0 aromatic heterocycles. The van der Waals surface area contributed by atoms with E-state index in [0.717, 1.165) is 12.8 Å². The number of hydrogen-bond donors (Lipinski definition) is 0. The largest absolute Gasteiger partial charge is 1.00 e. The molecule has 1 radical (unpaired) electrons. The second-order valence-electron chi connectivity index (χ2n) is 1.28. The molecule has 0 aromatic carbocycles. The molecule has 0 fully saturated rings. The molecule has 0 aromatic rings. The van der Waals surface area contributed by atoms with Crippen molar-refractivity contribution in [1.82, 2.24) is 0 Å². The Morgan fingerprint density at radius 3 is 2.12 bits per heavy atom. The zero-order valence-corrected chi connectivity index (χ0v) is 7.90. The third kappa shape index (κ3) is 15.8. The predicted molar refractivity (Wildman–Crippen MR) is 26.7 cm³/mol. The van der Waals surface area contributed by atoms with E-state index in [2.05, 4.69) is 12.8 Å². The maximum atomic E-state index is 6.46. The first-order valence-corrected chi connectivity index (χ1v) is 2.31. The Bertz CT molecular complexity index is 56.0. The third-order valence-corrected chi connectivity index (χ3v) is 0.655. The fourth-order valence-electron chi connectivity index (χ4n) is 0.265. The third-order valence-electron chi connectivity index (χ3n) is 0.655. The molecule has 0 spiro atoms. The van der Waals surface area contributed by atoms with Crippen LogP contribution in [0.25, 0.3) is 0 Å². The van der Waals surface area contributed by atoms with Gasteiger partial charge in [-0.1, -0.05) is 19.3 Å². The summed E-state index contributed by atoms with van der Waals surface area (Å²) in [6, 6.07) is 0. The molecular formula is C6H9CuI. The minimum Gasteiger partial charge on any atom is -1.00 e. The summed E-state index contributed by atoms with van der Waals surface area (Å²) >= 11 is 0. The van der Waals surface area contributed by atoms with Crippen LogP contribution in [-0.2, 0) is 17.1 Å². The molecule has 0 rings (SSSR count).